The minimum absolute atomic E-state index is 0.515. The van der Waals surface area contributed by atoms with E-state index in [-0.39, 0.29) is 0 Å². The summed E-state index contributed by atoms with van der Waals surface area (Å²) in [6, 6.07) is 11.3. The van der Waals surface area contributed by atoms with Crippen molar-refractivity contribution in [2.45, 2.75) is 62.9 Å². The highest BCUT2D eigenvalue weighted by Gasteiger charge is 2.29. The molecule has 0 bridgehead atoms. The Morgan fingerprint density at radius 3 is 2.59 bits per heavy atom. The van der Waals surface area contributed by atoms with Crippen LogP contribution < -0.4 is 5.32 Å². The van der Waals surface area contributed by atoms with Gasteiger partial charge in [0.1, 0.15) is 0 Å². The molecule has 116 valence electrons. The van der Waals surface area contributed by atoms with Crippen molar-refractivity contribution in [3.05, 3.63) is 47.7 Å². The predicted octanol–water partition coefficient (Wildman–Crippen LogP) is 3.76. The number of nitrogens with zero attached hydrogens (tertiary/aromatic N) is 2. The summed E-state index contributed by atoms with van der Waals surface area (Å²) in [7, 11) is 0. The van der Waals surface area contributed by atoms with Crippen LogP contribution in [0.1, 0.15) is 67.7 Å². The smallest absolute Gasteiger partial charge is 0.230 e. The largest absolute Gasteiger partial charge is 0.424 e. The van der Waals surface area contributed by atoms with Gasteiger partial charge in [0.05, 0.1) is 6.54 Å². The van der Waals surface area contributed by atoms with Crippen molar-refractivity contribution in [3.63, 3.8) is 0 Å². The molecule has 1 N–H and O–H groups in total. The van der Waals surface area contributed by atoms with E-state index < -0.39 is 0 Å². The van der Waals surface area contributed by atoms with Crippen molar-refractivity contribution in [3.8, 4) is 0 Å². The molecule has 2 fully saturated rings. The molecule has 22 heavy (non-hydrogen) atoms. The van der Waals surface area contributed by atoms with Crippen LogP contribution in [0.5, 0.6) is 0 Å². The third-order valence-corrected chi connectivity index (χ3v) is 5.20. The highest BCUT2D eigenvalue weighted by Crippen LogP contribution is 2.36. The van der Waals surface area contributed by atoms with Crippen LogP contribution >= 0.6 is 0 Å². The van der Waals surface area contributed by atoms with Gasteiger partial charge < -0.3 is 9.73 Å². The number of hydrogen-bond acceptors (Lipinski definition) is 4. The highest BCUT2D eigenvalue weighted by atomic mass is 16.4. The Kier molecular flexibility index (Phi) is 3.94. The van der Waals surface area contributed by atoms with Crippen LogP contribution in [0.2, 0.25) is 0 Å². The van der Waals surface area contributed by atoms with Crippen molar-refractivity contribution < 1.29 is 4.42 Å². The fourth-order valence-electron chi connectivity index (χ4n) is 3.68. The molecule has 1 aromatic heterocycles. The Hall–Kier alpha value is -1.68. The summed E-state index contributed by atoms with van der Waals surface area (Å²) >= 11 is 0. The fraction of sp³-hybridized carbons (Fsp3) is 0.556. The van der Waals surface area contributed by atoms with E-state index in [1.807, 2.05) is 0 Å². The van der Waals surface area contributed by atoms with Gasteiger partial charge in [0.2, 0.25) is 11.8 Å². The van der Waals surface area contributed by atoms with Crippen molar-refractivity contribution >= 4 is 0 Å². The average Bonchev–Trinajstić information content (AvgIpc) is 3.13. The summed E-state index contributed by atoms with van der Waals surface area (Å²) in [5, 5.41) is 12.0. The maximum absolute atomic E-state index is 5.80. The number of nitrogens with one attached hydrogen (secondary N) is 1. The first-order valence-corrected chi connectivity index (χ1v) is 8.51. The molecule has 0 unspecified atom stereocenters. The second-order valence-electron chi connectivity index (χ2n) is 6.60. The Bertz CT molecular complexity index is 606. The Labute approximate surface area is 131 Å². The van der Waals surface area contributed by atoms with Crippen LogP contribution in [-0.2, 0) is 6.54 Å². The summed E-state index contributed by atoms with van der Waals surface area (Å²) < 4.78 is 5.80. The quantitative estimate of drug-likeness (QED) is 0.913. The monoisotopic (exact) mass is 297 g/mol. The lowest BCUT2D eigenvalue weighted by molar-refractivity contribution is 0.318. The van der Waals surface area contributed by atoms with Gasteiger partial charge in [-0.15, -0.1) is 10.2 Å². The van der Waals surface area contributed by atoms with Gasteiger partial charge in [0.15, 0.2) is 0 Å². The van der Waals surface area contributed by atoms with Crippen LogP contribution in [0.3, 0.4) is 0 Å². The Morgan fingerprint density at radius 1 is 1.00 bits per heavy atom. The molecule has 0 radical (unpaired) electrons. The molecule has 4 rings (SSSR count). The molecule has 1 heterocycles. The van der Waals surface area contributed by atoms with Crippen molar-refractivity contribution in [2.24, 2.45) is 0 Å². The van der Waals surface area contributed by atoms with E-state index in [4.69, 9.17) is 4.42 Å². The first kappa shape index (κ1) is 13.9. The van der Waals surface area contributed by atoms with Gasteiger partial charge >= 0.3 is 0 Å². The highest BCUT2D eigenvalue weighted by molar-refractivity contribution is 5.22. The van der Waals surface area contributed by atoms with Gasteiger partial charge in [-0.3, -0.25) is 0 Å². The van der Waals surface area contributed by atoms with Crippen molar-refractivity contribution in [1.82, 2.24) is 15.5 Å². The second kappa shape index (κ2) is 6.21. The van der Waals surface area contributed by atoms with Gasteiger partial charge in [0, 0.05) is 12.0 Å². The van der Waals surface area contributed by atoms with Gasteiger partial charge in [-0.25, -0.2) is 0 Å². The standard InChI is InChI=1S/C18H23N3O/c1-2-6-13(7-3-1)15-10-5-11-16(15)19-12-17-20-21-18(22-17)14-8-4-9-14/h1-3,6-7,14-16,19H,4-5,8-12H2/t15-,16-/m1/s1. The third-order valence-electron chi connectivity index (χ3n) is 5.20. The number of hydrogen-bond donors (Lipinski definition) is 1. The van der Waals surface area contributed by atoms with Crippen molar-refractivity contribution in [1.29, 1.82) is 0 Å². The lowest BCUT2D eigenvalue weighted by Crippen LogP contribution is -2.30. The Balaban J connectivity index is 1.37. The molecule has 0 spiro atoms. The zero-order valence-corrected chi connectivity index (χ0v) is 12.9. The molecule has 1 aromatic carbocycles. The SMILES string of the molecule is c1ccc([C@H]2CCC[C@H]2NCc2nnc(C3CCC3)o2)cc1. The number of benzene rings is 1. The minimum Gasteiger partial charge on any atom is -0.424 e. The number of rotatable bonds is 5. The molecule has 2 aliphatic carbocycles. The lowest BCUT2D eigenvalue weighted by Gasteiger charge is -2.21. The molecule has 2 saturated carbocycles. The van der Waals surface area contributed by atoms with E-state index in [9.17, 15) is 0 Å². The zero-order valence-electron chi connectivity index (χ0n) is 12.9. The normalized spacial score (nSPS) is 25.3. The van der Waals surface area contributed by atoms with Crippen LogP contribution in [0.4, 0.5) is 0 Å². The van der Waals surface area contributed by atoms with E-state index in [0.717, 1.165) is 11.8 Å². The first-order chi connectivity index (χ1) is 10.9. The molecule has 0 amide bonds. The van der Waals surface area contributed by atoms with Gasteiger partial charge in [-0.1, -0.05) is 43.2 Å². The first-order valence-electron chi connectivity index (χ1n) is 8.51. The van der Waals surface area contributed by atoms with Gasteiger partial charge in [-0.2, -0.15) is 0 Å². The van der Waals surface area contributed by atoms with E-state index >= 15 is 0 Å². The van der Waals surface area contributed by atoms with Crippen LogP contribution in [0, 0.1) is 0 Å². The van der Waals surface area contributed by atoms with E-state index in [2.05, 4.69) is 45.8 Å². The summed E-state index contributed by atoms with van der Waals surface area (Å²) in [6.07, 6.45) is 7.47. The third kappa shape index (κ3) is 2.80. The van der Waals surface area contributed by atoms with Gasteiger partial charge in [-0.05, 0) is 37.2 Å². The molecular weight excluding hydrogens is 274 g/mol. The fourth-order valence-corrected chi connectivity index (χ4v) is 3.68. The zero-order chi connectivity index (χ0) is 14.8. The summed E-state index contributed by atoms with van der Waals surface area (Å²) in [4.78, 5) is 0. The molecule has 0 saturated heterocycles. The summed E-state index contributed by atoms with van der Waals surface area (Å²) in [6.45, 7) is 0.688. The lowest BCUT2D eigenvalue weighted by atomic mass is 9.85. The van der Waals surface area contributed by atoms with Crippen LogP contribution in [-0.4, -0.2) is 16.2 Å². The summed E-state index contributed by atoms with van der Waals surface area (Å²) in [5.41, 5.74) is 1.44. The van der Waals surface area contributed by atoms with Crippen LogP contribution in [0.25, 0.3) is 0 Å². The second-order valence-corrected chi connectivity index (χ2v) is 6.60. The molecule has 2 atom stereocenters. The average molecular weight is 297 g/mol. The summed E-state index contributed by atoms with van der Waals surface area (Å²) in [5.74, 6) is 2.70. The van der Waals surface area contributed by atoms with Crippen molar-refractivity contribution in [2.75, 3.05) is 0 Å². The van der Waals surface area contributed by atoms with E-state index in [1.54, 1.807) is 0 Å². The minimum atomic E-state index is 0.515. The number of aromatic nitrogens is 2. The molecule has 4 heteroatoms. The topological polar surface area (TPSA) is 51.0 Å². The molecule has 0 aliphatic heterocycles. The molecule has 4 nitrogen and oxygen atoms in total. The maximum atomic E-state index is 5.80. The Morgan fingerprint density at radius 2 is 1.82 bits per heavy atom. The maximum Gasteiger partial charge on any atom is 0.230 e. The van der Waals surface area contributed by atoms with E-state index in [1.165, 1.54) is 44.1 Å². The predicted molar refractivity (Wildman–Crippen MR) is 84.6 cm³/mol. The molecule has 2 aliphatic rings. The molecular formula is C18H23N3O. The van der Waals surface area contributed by atoms with Gasteiger partial charge in [0.25, 0.3) is 0 Å². The van der Waals surface area contributed by atoms with Crippen LogP contribution in [0.15, 0.2) is 34.7 Å². The molecule has 2 aromatic rings. The van der Waals surface area contributed by atoms with E-state index in [0.29, 0.717) is 24.4 Å².